The second kappa shape index (κ2) is 12.2. The van der Waals surface area contributed by atoms with Gasteiger partial charge in [-0.15, -0.1) is 0 Å². The van der Waals surface area contributed by atoms with E-state index in [1.165, 1.54) is 0 Å². The minimum absolute atomic E-state index is 0.151. The molecule has 0 bridgehead atoms. The van der Waals surface area contributed by atoms with Crippen LogP contribution in [0.15, 0.2) is 48.5 Å². The Morgan fingerprint density at radius 1 is 1.09 bits per heavy atom. The SMILES string of the molecule is CCOC(=O)COc1ccc(CNC(=O)[C@@H]2CCCN2C(=O)[C@@H](N)Cc2ccc(C)cc2)cc1. The van der Waals surface area contributed by atoms with Crippen LogP contribution in [0.4, 0.5) is 0 Å². The van der Waals surface area contributed by atoms with Crippen molar-refractivity contribution in [2.45, 2.75) is 51.7 Å². The molecular weight excluding hydrogens is 434 g/mol. The molecule has 1 heterocycles. The Labute approximate surface area is 200 Å². The van der Waals surface area contributed by atoms with Gasteiger partial charge in [-0.3, -0.25) is 9.59 Å². The number of carbonyl (C=O) groups excluding carboxylic acids is 3. The molecule has 8 heteroatoms. The second-order valence-corrected chi connectivity index (χ2v) is 8.44. The number of hydrogen-bond acceptors (Lipinski definition) is 6. The molecule has 0 radical (unpaired) electrons. The van der Waals surface area contributed by atoms with Crippen LogP contribution in [0.2, 0.25) is 0 Å². The summed E-state index contributed by atoms with van der Waals surface area (Å²) < 4.78 is 10.2. The summed E-state index contributed by atoms with van der Waals surface area (Å²) in [6.45, 7) is 4.76. The number of rotatable bonds is 10. The van der Waals surface area contributed by atoms with Crippen LogP contribution in [0.3, 0.4) is 0 Å². The van der Waals surface area contributed by atoms with Crippen molar-refractivity contribution in [3.05, 3.63) is 65.2 Å². The molecular formula is C26H33N3O5. The summed E-state index contributed by atoms with van der Waals surface area (Å²) in [5.41, 5.74) is 9.24. The van der Waals surface area contributed by atoms with E-state index in [1.54, 1.807) is 24.0 Å². The average Bonchev–Trinajstić information content (AvgIpc) is 3.33. The zero-order valence-corrected chi connectivity index (χ0v) is 19.8. The van der Waals surface area contributed by atoms with Gasteiger partial charge in [0.05, 0.1) is 12.6 Å². The average molecular weight is 468 g/mol. The first-order valence-electron chi connectivity index (χ1n) is 11.6. The number of nitrogens with zero attached hydrogens (tertiary/aromatic N) is 1. The van der Waals surface area contributed by atoms with Crippen LogP contribution in [0.1, 0.15) is 36.5 Å². The molecule has 1 aliphatic heterocycles. The summed E-state index contributed by atoms with van der Waals surface area (Å²) >= 11 is 0. The molecule has 0 unspecified atom stereocenters. The van der Waals surface area contributed by atoms with E-state index in [2.05, 4.69) is 5.32 Å². The Balaban J connectivity index is 1.49. The van der Waals surface area contributed by atoms with Gasteiger partial charge in [-0.2, -0.15) is 0 Å². The summed E-state index contributed by atoms with van der Waals surface area (Å²) in [6, 6.07) is 13.9. The van der Waals surface area contributed by atoms with E-state index in [0.29, 0.717) is 38.3 Å². The van der Waals surface area contributed by atoms with Gasteiger partial charge in [0, 0.05) is 13.1 Å². The van der Waals surface area contributed by atoms with Gasteiger partial charge < -0.3 is 25.4 Å². The number of carbonyl (C=O) groups is 3. The molecule has 0 aliphatic carbocycles. The van der Waals surface area contributed by atoms with Gasteiger partial charge in [-0.1, -0.05) is 42.0 Å². The smallest absolute Gasteiger partial charge is 0.344 e. The number of nitrogens with two attached hydrogens (primary N) is 1. The lowest BCUT2D eigenvalue weighted by Gasteiger charge is -2.27. The molecule has 2 aromatic rings. The molecule has 1 aliphatic rings. The van der Waals surface area contributed by atoms with Crippen molar-refractivity contribution in [1.29, 1.82) is 0 Å². The molecule has 2 atom stereocenters. The minimum Gasteiger partial charge on any atom is -0.482 e. The lowest BCUT2D eigenvalue weighted by atomic mass is 10.0. The van der Waals surface area contributed by atoms with E-state index < -0.39 is 18.1 Å². The number of amides is 2. The maximum absolute atomic E-state index is 13.0. The van der Waals surface area contributed by atoms with Crippen molar-refractivity contribution in [3.8, 4) is 5.75 Å². The quantitative estimate of drug-likeness (QED) is 0.518. The van der Waals surface area contributed by atoms with E-state index >= 15 is 0 Å². The number of nitrogens with one attached hydrogen (secondary N) is 1. The highest BCUT2D eigenvalue weighted by atomic mass is 16.6. The molecule has 8 nitrogen and oxygen atoms in total. The van der Waals surface area contributed by atoms with E-state index in [9.17, 15) is 14.4 Å². The van der Waals surface area contributed by atoms with Gasteiger partial charge in [0.1, 0.15) is 11.8 Å². The Morgan fingerprint density at radius 2 is 1.76 bits per heavy atom. The Morgan fingerprint density at radius 3 is 2.44 bits per heavy atom. The zero-order valence-electron chi connectivity index (χ0n) is 19.8. The highest BCUT2D eigenvalue weighted by Gasteiger charge is 2.36. The van der Waals surface area contributed by atoms with Crippen LogP contribution < -0.4 is 15.8 Å². The lowest BCUT2D eigenvalue weighted by Crippen LogP contribution is -2.51. The first-order valence-corrected chi connectivity index (χ1v) is 11.6. The van der Waals surface area contributed by atoms with Crippen molar-refractivity contribution in [1.82, 2.24) is 10.2 Å². The van der Waals surface area contributed by atoms with Gasteiger partial charge in [0.15, 0.2) is 6.61 Å². The summed E-state index contributed by atoms with van der Waals surface area (Å²) in [6.07, 6.45) is 1.83. The van der Waals surface area contributed by atoms with Gasteiger partial charge in [-0.05, 0) is 56.4 Å². The number of likely N-dealkylation sites (tertiary alicyclic amines) is 1. The third kappa shape index (κ3) is 7.05. The number of benzene rings is 2. The maximum Gasteiger partial charge on any atom is 0.344 e. The van der Waals surface area contributed by atoms with Crippen LogP contribution >= 0.6 is 0 Å². The first kappa shape index (κ1) is 25.2. The fourth-order valence-electron chi connectivity index (χ4n) is 3.94. The highest BCUT2D eigenvalue weighted by Crippen LogP contribution is 2.20. The number of ether oxygens (including phenoxy) is 2. The summed E-state index contributed by atoms with van der Waals surface area (Å²) in [7, 11) is 0. The Kier molecular flexibility index (Phi) is 9.04. The fourth-order valence-corrected chi connectivity index (χ4v) is 3.94. The largest absolute Gasteiger partial charge is 0.482 e. The molecule has 2 aromatic carbocycles. The third-order valence-electron chi connectivity index (χ3n) is 5.78. The van der Waals surface area contributed by atoms with Crippen molar-refractivity contribution in [2.75, 3.05) is 19.8 Å². The summed E-state index contributed by atoms with van der Waals surface area (Å²) in [5, 5.41) is 2.92. The van der Waals surface area contributed by atoms with E-state index in [-0.39, 0.29) is 18.4 Å². The van der Waals surface area contributed by atoms with Crippen molar-refractivity contribution in [3.63, 3.8) is 0 Å². The molecule has 2 amide bonds. The monoisotopic (exact) mass is 467 g/mol. The van der Waals surface area contributed by atoms with Crippen LogP contribution in [0.5, 0.6) is 5.75 Å². The molecule has 1 fully saturated rings. The van der Waals surface area contributed by atoms with Crippen LogP contribution in [-0.2, 0) is 32.1 Å². The number of hydrogen-bond donors (Lipinski definition) is 2. The normalized spacial score (nSPS) is 16.1. The van der Waals surface area contributed by atoms with Gasteiger partial charge in [0.25, 0.3) is 0 Å². The predicted molar refractivity (Wildman–Crippen MR) is 128 cm³/mol. The van der Waals surface area contributed by atoms with Crippen LogP contribution in [0.25, 0.3) is 0 Å². The highest BCUT2D eigenvalue weighted by molar-refractivity contribution is 5.90. The van der Waals surface area contributed by atoms with E-state index in [1.807, 2.05) is 43.3 Å². The van der Waals surface area contributed by atoms with Gasteiger partial charge in [-0.25, -0.2) is 4.79 Å². The molecule has 0 spiro atoms. The Hall–Kier alpha value is -3.39. The van der Waals surface area contributed by atoms with Gasteiger partial charge >= 0.3 is 5.97 Å². The van der Waals surface area contributed by atoms with Crippen molar-refractivity contribution in [2.24, 2.45) is 5.73 Å². The number of aryl methyl sites for hydroxylation is 1. The van der Waals surface area contributed by atoms with Crippen molar-refractivity contribution >= 4 is 17.8 Å². The second-order valence-electron chi connectivity index (χ2n) is 8.44. The molecule has 3 N–H and O–H groups in total. The zero-order chi connectivity index (χ0) is 24.5. The third-order valence-corrected chi connectivity index (χ3v) is 5.78. The van der Waals surface area contributed by atoms with Crippen molar-refractivity contribution < 1.29 is 23.9 Å². The molecule has 1 saturated heterocycles. The molecule has 3 rings (SSSR count). The minimum atomic E-state index is -0.682. The van der Waals surface area contributed by atoms with Crippen LogP contribution in [-0.4, -0.2) is 54.5 Å². The maximum atomic E-state index is 13.0. The fraction of sp³-hybridized carbons (Fsp3) is 0.423. The van der Waals surface area contributed by atoms with E-state index in [0.717, 1.165) is 23.1 Å². The summed E-state index contributed by atoms with van der Waals surface area (Å²) in [4.78, 5) is 38.8. The predicted octanol–water partition coefficient (Wildman–Crippen LogP) is 2.11. The lowest BCUT2D eigenvalue weighted by molar-refractivity contribution is -0.145. The number of esters is 1. The topological polar surface area (TPSA) is 111 Å². The molecule has 34 heavy (non-hydrogen) atoms. The van der Waals surface area contributed by atoms with Crippen LogP contribution in [0, 0.1) is 6.92 Å². The molecule has 0 saturated carbocycles. The standard InChI is InChI=1S/C26H33N3O5/c1-3-33-24(30)17-34-21-12-10-20(11-13-21)16-28-25(31)23-5-4-14-29(23)26(32)22(27)15-19-8-6-18(2)7-9-19/h6-13,22-23H,3-5,14-17,27H2,1-2H3,(H,28,31)/t22-,23-/m0/s1. The Bertz CT molecular complexity index is 975. The van der Waals surface area contributed by atoms with Gasteiger partial charge in [0.2, 0.25) is 11.8 Å². The first-order chi connectivity index (χ1) is 16.4. The molecule has 182 valence electrons. The molecule has 0 aromatic heterocycles. The summed E-state index contributed by atoms with van der Waals surface area (Å²) in [5.74, 6) is -0.260. The van der Waals surface area contributed by atoms with E-state index in [4.69, 9.17) is 15.2 Å².